The smallest absolute Gasteiger partial charge is 0.338 e. The lowest BCUT2D eigenvalue weighted by atomic mass is 10.1. The number of halogens is 1. The number of benzene rings is 1. The highest BCUT2D eigenvalue weighted by Crippen LogP contribution is 2.36. The number of piperidine rings is 1. The molecule has 2 aromatic rings. The zero-order valence-corrected chi connectivity index (χ0v) is 16.9. The van der Waals surface area contributed by atoms with Crippen molar-refractivity contribution in [3.05, 3.63) is 47.1 Å². The number of amides is 1. The third-order valence-corrected chi connectivity index (χ3v) is 6.30. The first-order valence-corrected chi connectivity index (χ1v) is 10.4. The van der Waals surface area contributed by atoms with Gasteiger partial charge in [0.25, 0.3) is 0 Å². The highest BCUT2D eigenvalue weighted by molar-refractivity contribution is 8.00. The molecule has 8 heteroatoms. The Kier molecular flexibility index (Phi) is 5.46. The summed E-state index contributed by atoms with van der Waals surface area (Å²) in [5.74, 6) is 0.473. The molecular weight excluding hydrogens is 398 g/mol. The minimum atomic E-state index is -0.358. The van der Waals surface area contributed by atoms with E-state index in [0.717, 1.165) is 36.6 Å². The van der Waals surface area contributed by atoms with Gasteiger partial charge < -0.3 is 15.0 Å². The van der Waals surface area contributed by atoms with Crippen LogP contribution in [0.4, 0.5) is 11.5 Å². The molecule has 0 aliphatic carbocycles. The van der Waals surface area contributed by atoms with Gasteiger partial charge in [0.1, 0.15) is 11.9 Å². The number of anilines is 2. The molecule has 3 heterocycles. The molecule has 28 heavy (non-hydrogen) atoms. The van der Waals surface area contributed by atoms with Gasteiger partial charge in [0.15, 0.2) is 0 Å². The molecule has 1 aromatic heterocycles. The molecule has 2 aliphatic heterocycles. The maximum Gasteiger partial charge on any atom is 0.338 e. The van der Waals surface area contributed by atoms with E-state index in [4.69, 9.17) is 16.3 Å². The molecule has 2 aliphatic rings. The summed E-state index contributed by atoms with van der Waals surface area (Å²) < 4.78 is 5.69. The summed E-state index contributed by atoms with van der Waals surface area (Å²) in [5.41, 5.74) is 1.13. The normalized spacial score (nSPS) is 19.7. The highest BCUT2D eigenvalue weighted by Gasteiger charge is 2.26. The molecule has 1 atom stereocenters. The number of thioether (sulfide) groups is 1. The predicted octanol–water partition coefficient (Wildman–Crippen LogP) is 3.99. The van der Waals surface area contributed by atoms with Crippen LogP contribution < -0.4 is 10.2 Å². The molecule has 6 nitrogen and oxygen atoms in total. The van der Waals surface area contributed by atoms with Crippen molar-refractivity contribution in [3.63, 3.8) is 0 Å². The van der Waals surface area contributed by atoms with E-state index in [1.54, 1.807) is 18.3 Å². The van der Waals surface area contributed by atoms with E-state index in [2.05, 4.69) is 15.2 Å². The molecule has 0 unspecified atom stereocenters. The number of hydrogen-bond acceptors (Lipinski definition) is 6. The van der Waals surface area contributed by atoms with Gasteiger partial charge in [0.05, 0.1) is 21.5 Å². The number of rotatable bonds is 3. The quantitative estimate of drug-likeness (QED) is 0.761. The lowest BCUT2D eigenvalue weighted by molar-refractivity contribution is -0.115. The van der Waals surface area contributed by atoms with Crippen LogP contribution in [0.2, 0.25) is 5.02 Å². The molecule has 1 aromatic carbocycles. The molecule has 0 radical (unpaired) electrons. The average molecular weight is 418 g/mol. The first kappa shape index (κ1) is 19.1. The van der Waals surface area contributed by atoms with Gasteiger partial charge in [-0.3, -0.25) is 4.79 Å². The van der Waals surface area contributed by atoms with Crippen LogP contribution in [-0.2, 0) is 9.53 Å². The van der Waals surface area contributed by atoms with Crippen molar-refractivity contribution in [2.45, 2.75) is 36.0 Å². The van der Waals surface area contributed by atoms with Crippen LogP contribution in [0.15, 0.2) is 41.4 Å². The zero-order valence-electron chi connectivity index (χ0n) is 15.4. The summed E-state index contributed by atoms with van der Waals surface area (Å²) in [7, 11) is 0. The van der Waals surface area contributed by atoms with Crippen LogP contribution in [0.5, 0.6) is 0 Å². The molecule has 1 saturated heterocycles. The fourth-order valence-electron chi connectivity index (χ4n) is 3.31. The maximum absolute atomic E-state index is 12.6. The second-order valence-electron chi connectivity index (χ2n) is 6.89. The predicted molar refractivity (Wildman–Crippen MR) is 110 cm³/mol. The number of hydrogen-bond donors (Lipinski definition) is 1. The number of ether oxygens (including phenoxy) is 1. The third-order valence-electron chi connectivity index (χ3n) is 4.90. The Bertz CT molecular complexity index is 898. The Morgan fingerprint density at radius 2 is 2.07 bits per heavy atom. The van der Waals surface area contributed by atoms with Crippen molar-refractivity contribution in [2.24, 2.45) is 0 Å². The van der Waals surface area contributed by atoms with E-state index >= 15 is 0 Å². The SMILES string of the molecule is C[C@H]1Sc2ccc(C(=O)OC3CCN(c4ccc(Cl)cn4)CC3)cc2NC1=O. The highest BCUT2D eigenvalue weighted by atomic mass is 35.5. The molecule has 1 N–H and O–H groups in total. The van der Waals surface area contributed by atoms with Crippen molar-refractivity contribution in [3.8, 4) is 0 Å². The monoisotopic (exact) mass is 417 g/mol. The van der Waals surface area contributed by atoms with E-state index in [1.807, 2.05) is 25.1 Å². The summed E-state index contributed by atoms with van der Waals surface area (Å²) in [6.45, 7) is 3.39. The molecule has 4 rings (SSSR count). The standard InChI is InChI=1S/C20H20ClN3O3S/c1-12-19(25)23-16-10-13(2-4-17(16)28-12)20(26)27-15-6-8-24(9-7-15)18-5-3-14(21)11-22-18/h2-5,10-12,15H,6-9H2,1H3,(H,23,25)/t12-/m1/s1. The second kappa shape index (κ2) is 8.01. The van der Waals surface area contributed by atoms with E-state index in [9.17, 15) is 9.59 Å². The Hall–Kier alpha value is -2.25. The first-order chi connectivity index (χ1) is 13.5. The van der Waals surface area contributed by atoms with Crippen LogP contribution in [0, 0.1) is 0 Å². The van der Waals surface area contributed by atoms with E-state index in [0.29, 0.717) is 16.3 Å². The lowest BCUT2D eigenvalue weighted by Gasteiger charge is -2.32. The van der Waals surface area contributed by atoms with Gasteiger partial charge >= 0.3 is 5.97 Å². The third kappa shape index (κ3) is 4.10. The summed E-state index contributed by atoms with van der Waals surface area (Å²) in [5, 5.41) is 3.32. The molecular formula is C20H20ClN3O3S. The maximum atomic E-state index is 12.6. The van der Waals surface area contributed by atoms with Gasteiger partial charge in [0.2, 0.25) is 5.91 Å². The number of carbonyl (C=O) groups is 2. The van der Waals surface area contributed by atoms with Crippen LogP contribution in [0.3, 0.4) is 0 Å². The number of fused-ring (bicyclic) bond motifs is 1. The molecule has 0 spiro atoms. The minimum Gasteiger partial charge on any atom is -0.459 e. The van der Waals surface area contributed by atoms with Crippen LogP contribution in [0.1, 0.15) is 30.1 Å². The summed E-state index contributed by atoms with van der Waals surface area (Å²) in [4.78, 5) is 31.9. The van der Waals surface area contributed by atoms with Gasteiger partial charge in [-0.05, 0) is 37.3 Å². The number of carbonyl (C=O) groups excluding carboxylic acids is 2. The van der Waals surface area contributed by atoms with Gasteiger partial charge in [0, 0.05) is 37.0 Å². The average Bonchev–Trinajstić information content (AvgIpc) is 2.70. The largest absolute Gasteiger partial charge is 0.459 e. The number of esters is 1. The second-order valence-corrected chi connectivity index (χ2v) is 8.71. The van der Waals surface area contributed by atoms with E-state index < -0.39 is 0 Å². The topological polar surface area (TPSA) is 71.5 Å². The molecule has 1 amide bonds. The summed E-state index contributed by atoms with van der Waals surface area (Å²) in [6.07, 6.45) is 2.99. The van der Waals surface area contributed by atoms with Gasteiger partial charge in [-0.2, -0.15) is 0 Å². The molecule has 146 valence electrons. The van der Waals surface area contributed by atoms with Crippen molar-refractivity contribution >= 4 is 46.7 Å². The fourth-order valence-corrected chi connectivity index (χ4v) is 4.36. The van der Waals surface area contributed by atoms with Crippen LogP contribution in [-0.4, -0.2) is 41.3 Å². The number of aromatic nitrogens is 1. The van der Waals surface area contributed by atoms with E-state index in [-0.39, 0.29) is 23.2 Å². The Morgan fingerprint density at radius 3 is 2.79 bits per heavy atom. The first-order valence-electron chi connectivity index (χ1n) is 9.18. The van der Waals surface area contributed by atoms with Gasteiger partial charge in [-0.15, -0.1) is 11.8 Å². The van der Waals surface area contributed by atoms with Gasteiger partial charge in [-0.25, -0.2) is 9.78 Å². The number of nitrogens with one attached hydrogen (secondary N) is 1. The summed E-state index contributed by atoms with van der Waals surface area (Å²) >= 11 is 7.38. The lowest BCUT2D eigenvalue weighted by Crippen LogP contribution is -2.38. The number of pyridine rings is 1. The van der Waals surface area contributed by atoms with Crippen LogP contribution >= 0.6 is 23.4 Å². The zero-order chi connectivity index (χ0) is 19.7. The van der Waals surface area contributed by atoms with Crippen molar-refractivity contribution < 1.29 is 14.3 Å². The molecule has 1 fully saturated rings. The fraction of sp³-hybridized carbons (Fsp3) is 0.350. The summed E-state index contributed by atoms with van der Waals surface area (Å²) in [6, 6.07) is 9.03. The van der Waals surface area contributed by atoms with E-state index in [1.165, 1.54) is 11.8 Å². The van der Waals surface area contributed by atoms with Crippen molar-refractivity contribution in [1.29, 1.82) is 0 Å². The van der Waals surface area contributed by atoms with Crippen molar-refractivity contribution in [2.75, 3.05) is 23.3 Å². The van der Waals surface area contributed by atoms with Crippen LogP contribution in [0.25, 0.3) is 0 Å². The Balaban J connectivity index is 1.35. The number of nitrogens with zero attached hydrogens (tertiary/aromatic N) is 2. The Morgan fingerprint density at radius 1 is 1.29 bits per heavy atom. The molecule has 0 bridgehead atoms. The van der Waals surface area contributed by atoms with Crippen molar-refractivity contribution in [1.82, 2.24) is 4.98 Å². The minimum absolute atomic E-state index is 0.0498. The molecule has 0 saturated carbocycles. The Labute approximate surface area is 172 Å². The van der Waals surface area contributed by atoms with Gasteiger partial charge in [-0.1, -0.05) is 11.6 Å².